The monoisotopic (exact) mass is 478 g/mol. The molecule has 2 aromatic heterocycles. The van der Waals surface area contributed by atoms with E-state index in [0.717, 1.165) is 31.4 Å². The number of rotatable bonds is 6. The van der Waals surface area contributed by atoms with Gasteiger partial charge in [-0.15, -0.1) is 21.5 Å². The number of nitro benzene ring substituents is 1. The SMILES string of the molecule is O=[N+]([O-])c1ccc(CSc2nnc(-c3sc4ccccc4c3Cl)n2-c2ccccc2)cc1. The smallest absolute Gasteiger partial charge is 0.269 e. The van der Waals surface area contributed by atoms with E-state index in [2.05, 4.69) is 10.2 Å². The van der Waals surface area contributed by atoms with Crippen LogP contribution in [0.15, 0.2) is 84.0 Å². The lowest BCUT2D eigenvalue weighted by Gasteiger charge is -2.09. The number of benzene rings is 3. The van der Waals surface area contributed by atoms with Crippen LogP contribution in [-0.2, 0) is 5.75 Å². The summed E-state index contributed by atoms with van der Waals surface area (Å²) in [5, 5.41) is 22.2. The van der Waals surface area contributed by atoms with Gasteiger partial charge in [-0.2, -0.15) is 0 Å². The maximum Gasteiger partial charge on any atom is 0.269 e. The van der Waals surface area contributed by atoms with E-state index in [9.17, 15) is 10.1 Å². The first-order chi connectivity index (χ1) is 15.6. The van der Waals surface area contributed by atoms with Crippen LogP contribution in [0.1, 0.15) is 5.56 Å². The predicted molar refractivity (Wildman–Crippen MR) is 130 cm³/mol. The van der Waals surface area contributed by atoms with Gasteiger partial charge in [-0.05, 0) is 23.8 Å². The summed E-state index contributed by atoms with van der Waals surface area (Å²) in [6, 6.07) is 24.5. The zero-order valence-electron chi connectivity index (χ0n) is 16.5. The highest BCUT2D eigenvalue weighted by atomic mass is 35.5. The van der Waals surface area contributed by atoms with Crippen LogP contribution in [0.3, 0.4) is 0 Å². The van der Waals surface area contributed by atoms with Crippen LogP contribution >= 0.6 is 34.7 Å². The van der Waals surface area contributed by atoms with E-state index in [4.69, 9.17) is 11.6 Å². The Morgan fingerprint density at radius 2 is 1.69 bits per heavy atom. The first-order valence-corrected chi connectivity index (χ1v) is 11.8. The number of non-ortho nitro benzene ring substituents is 1. The summed E-state index contributed by atoms with van der Waals surface area (Å²) in [5.41, 5.74) is 1.98. The molecule has 0 radical (unpaired) electrons. The number of para-hydroxylation sites is 1. The number of fused-ring (bicyclic) bond motifs is 1. The third-order valence-corrected chi connectivity index (χ3v) is 7.57. The molecule has 0 aliphatic carbocycles. The van der Waals surface area contributed by atoms with Crippen molar-refractivity contribution in [1.82, 2.24) is 14.8 Å². The van der Waals surface area contributed by atoms with Gasteiger partial charge in [-0.1, -0.05) is 71.9 Å². The van der Waals surface area contributed by atoms with Gasteiger partial charge in [0.1, 0.15) is 0 Å². The van der Waals surface area contributed by atoms with Gasteiger partial charge >= 0.3 is 0 Å². The molecule has 0 spiro atoms. The van der Waals surface area contributed by atoms with Gasteiger partial charge in [0.25, 0.3) is 5.69 Å². The lowest BCUT2D eigenvalue weighted by molar-refractivity contribution is -0.384. The number of halogens is 1. The van der Waals surface area contributed by atoms with Gasteiger partial charge in [0.15, 0.2) is 11.0 Å². The van der Waals surface area contributed by atoms with Crippen molar-refractivity contribution in [1.29, 1.82) is 0 Å². The third kappa shape index (κ3) is 3.88. The molecule has 3 aromatic carbocycles. The van der Waals surface area contributed by atoms with Crippen LogP contribution in [0.4, 0.5) is 5.69 Å². The van der Waals surface area contributed by atoms with E-state index >= 15 is 0 Å². The summed E-state index contributed by atoms with van der Waals surface area (Å²) in [7, 11) is 0. The van der Waals surface area contributed by atoms with Gasteiger partial charge in [0.2, 0.25) is 0 Å². The molecule has 6 nitrogen and oxygen atoms in total. The molecular weight excluding hydrogens is 464 g/mol. The first-order valence-electron chi connectivity index (χ1n) is 9.66. The lowest BCUT2D eigenvalue weighted by Crippen LogP contribution is -1.99. The van der Waals surface area contributed by atoms with Crippen molar-refractivity contribution in [2.75, 3.05) is 0 Å². The minimum atomic E-state index is -0.399. The fourth-order valence-electron chi connectivity index (χ4n) is 3.34. The molecule has 0 aliphatic rings. The Labute approximate surface area is 196 Å². The van der Waals surface area contributed by atoms with Crippen molar-refractivity contribution in [3.8, 4) is 16.4 Å². The van der Waals surface area contributed by atoms with Gasteiger partial charge in [0, 0.05) is 33.7 Å². The molecule has 0 fully saturated rings. The number of thiophene rings is 1. The van der Waals surface area contributed by atoms with Gasteiger partial charge in [-0.25, -0.2) is 0 Å². The van der Waals surface area contributed by atoms with E-state index in [-0.39, 0.29) is 5.69 Å². The number of nitro groups is 1. The standard InChI is InChI=1S/C23H15ClN4O2S2/c24-20-18-8-4-5-9-19(18)32-21(20)22-25-26-23(27(22)16-6-2-1-3-7-16)31-14-15-10-12-17(13-11-15)28(29)30/h1-13H,14H2. The average Bonchev–Trinajstić information content (AvgIpc) is 3.39. The second-order valence-corrected chi connectivity index (χ2v) is 9.30. The van der Waals surface area contributed by atoms with E-state index in [1.165, 1.54) is 23.9 Å². The molecular formula is C23H15ClN4O2S2. The zero-order chi connectivity index (χ0) is 22.1. The highest BCUT2D eigenvalue weighted by Gasteiger charge is 2.21. The predicted octanol–water partition coefficient (Wildman–Crippen LogP) is 7.00. The third-order valence-electron chi connectivity index (χ3n) is 4.90. The van der Waals surface area contributed by atoms with E-state index in [0.29, 0.717) is 16.6 Å². The maximum atomic E-state index is 10.9. The molecule has 5 rings (SSSR count). The summed E-state index contributed by atoms with van der Waals surface area (Å²) in [6.07, 6.45) is 0. The molecule has 0 unspecified atom stereocenters. The second kappa shape index (κ2) is 8.74. The van der Waals surface area contributed by atoms with Crippen molar-refractivity contribution < 1.29 is 4.92 Å². The van der Waals surface area contributed by atoms with Crippen molar-refractivity contribution >= 4 is 50.5 Å². The topological polar surface area (TPSA) is 73.8 Å². The number of hydrogen-bond donors (Lipinski definition) is 0. The lowest BCUT2D eigenvalue weighted by atomic mass is 10.2. The summed E-state index contributed by atoms with van der Waals surface area (Å²) >= 11 is 9.85. The molecule has 0 N–H and O–H groups in total. The van der Waals surface area contributed by atoms with Crippen molar-refractivity contribution in [2.24, 2.45) is 0 Å². The average molecular weight is 479 g/mol. The van der Waals surface area contributed by atoms with E-state index in [1.54, 1.807) is 23.5 Å². The molecule has 0 atom stereocenters. The summed E-state index contributed by atoms with van der Waals surface area (Å²) < 4.78 is 3.10. The Morgan fingerprint density at radius 1 is 0.969 bits per heavy atom. The largest absolute Gasteiger partial charge is 0.269 e. The molecule has 0 amide bonds. The molecule has 2 heterocycles. The number of nitrogens with zero attached hydrogens (tertiary/aromatic N) is 4. The van der Waals surface area contributed by atoms with E-state index in [1.807, 2.05) is 59.2 Å². The summed E-state index contributed by atoms with van der Waals surface area (Å²) in [6.45, 7) is 0. The van der Waals surface area contributed by atoms with Gasteiger partial charge in [-0.3, -0.25) is 14.7 Å². The minimum Gasteiger partial charge on any atom is -0.269 e. The van der Waals surface area contributed by atoms with Crippen LogP contribution in [0.2, 0.25) is 5.02 Å². The Kier molecular flexibility index (Phi) is 5.65. The molecule has 5 aromatic rings. The number of hydrogen-bond acceptors (Lipinski definition) is 6. The van der Waals surface area contributed by atoms with Crippen LogP contribution in [0, 0.1) is 10.1 Å². The minimum absolute atomic E-state index is 0.0768. The van der Waals surface area contributed by atoms with Crippen molar-refractivity contribution in [3.05, 3.63) is 99.6 Å². The number of aromatic nitrogens is 3. The van der Waals surface area contributed by atoms with Crippen LogP contribution in [0.25, 0.3) is 26.5 Å². The molecule has 0 saturated heterocycles. The fourth-order valence-corrected chi connectivity index (χ4v) is 5.74. The quantitative estimate of drug-likeness (QED) is 0.149. The Bertz CT molecular complexity index is 1420. The molecule has 9 heteroatoms. The van der Waals surface area contributed by atoms with Gasteiger partial charge < -0.3 is 0 Å². The Morgan fingerprint density at radius 3 is 2.41 bits per heavy atom. The van der Waals surface area contributed by atoms with Gasteiger partial charge in [0.05, 0.1) is 14.8 Å². The van der Waals surface area contributed by atoms with Crippen LogP contribution < -0.4 is 0 Å². The first kappa shape index (κ1) is 20.7. The van der Waals surface area contributed by atoms with E-state index < -0.39 is 4.92 Å². The molecule has 32 heavy (non-hydrogen) atoms. The molecule has 158 valence electrons. The highest BCUT2D eigenvalue weighted by Crippen LogP contribution is 2.42. The summed E-state index contributed by atoms with van der Waals surface area (Å²) in [5.74, 6) is 1.29. The normalized spacial score (nSPS) is 11.2. The van der Waals surface area contributed by atoms with Crippen LogP contribution in [-0.4, -0.2) is 19.7 Å². The fraction of sp³-hybridized carbons (Fsp3) is 0.0435. The summed E-state index contributed by atoms with van der Waals surface area (Å²) in [4.78, 5) is 11.4. The van der Waals surface area contributed by atoms with Crippen molar-refractivity contribution in [2.45, 2.75) is 10.9 Å². The second-order valence-electron chi connectivity index (χ2n) is 6.93. The molecule has 0 aliphatic heterocycles. The molecule has 0 saturated carbocycles. The van der Waals surface area contributed by atoms with Crippen LogP contribution in [0.5, 0.6) is 0 Å². The molecule has 0 bridgehead atoms. The maximum absolute atomic E-state index is 10.9. The van der Waals surface area contributed by atoms with Crippen molar-refractivity contribution in [3.63, 3.8) is 0 Å². The Balaban J connectivity index is 1.54. The zero-order valence-corrected chi connectivity index (χ0v) is 18.9. The highest BCUT2D eigenvalue weighted by molar-refractivity contribution is 7.98. The Hall–Kier alpha value is -3.20. The number of thioether (sulfide) groups is 1.